The Morgan fingerprint density at radius 2 is 1.67 bits per heavy atom. The lowest BCUT2D eigenvalue weighted by Crippen LogP contribution is -1.98. The van der Waals surface area contributed by atoms with Gasteiger partial charge < -0.3 is 0 Å². The van der Waals surface area contributed by atoms with Crippen LogP contribution in [-0.4, -0.2) is 0 Å². The van der Waals surface area contributed by atoms with Crippen molar-refractivity contribution in [3.8, 4) is 0 Å². The summed E-state index contributed by atoms with van der Waals surface area (Å²) in [5.74, 6) is 0.754. The van der Waals surface area contributed by atoms with E-state index < -0.39 is 0 Å². The number of hydrogen-bond acceptors (Lipinski definition) is 1. The molecule has 0 aliphatic carbocycles. The molecule has 0 fully saturated rings. The molecule has 0 aromatic heterocycles. The van der Waals surface area contributed by atoms with Gasteiger partial charge in [-0.05, 0) is 36.5 Å². The maximum atomic E-state index is 4.32. The Balaban J connectivity index is 2.65. The summed E-state index contributed by atoms with van der Waals surface area (Å²) in [4.78, 5) is 1.06. The van der Waals surface area contributed by atoms with Gasteiger partial charge in [0.15, 0.2) is 0 Å². The third kappa shape index (κ3) is 4.29. The summed E-state index contributed by atoms with van der Waals surface area (Å²) >= 11 is 4.32. The van der Waals surface area contributed by atoms with E-state index in [1.807, 2.05) is 0 Å². The topological polar surface area (TPSA) is 0 Å². The van der Waals surface area contributed by atoms with Crippen molar-refractivity contribution >= 4 is 12.6 Å². The smallest absolute Gasteiger partial charge is 0.00401 e. The normalized spacial score (nSPS) is 12.7. The highest BCUT2D eigenvalue weighted by atomic mass is 32.1. The molecule has 1 unspecified atom stereocenters. The lowest BCUT2D eigenvalue weighted by molar-refractivity contribution is 0.541. The van der Waals surface area contributed by atoms with Gasteiger partial charge in [-0.15, -0.1) is 12.6 Å². The Kier molecular flexibility index (Phi) is 5.85. The van der Waals surface area contributed by atoms with Crippen LogP contribution in [-0.2, 0) is 0 Å². The van der Waals surface area contributed by atoms with Crippen LogP contribution in [0.4, 0.5) is 0 Å². The lowest BCUT2D eigenvalue weighted by atomic mass is 9.90. The van der Waals surface area contributed by atoms with Crippen molar-refractivity contribution in [3.63, 3.8) is 0 Å². The first-order valence-corrected chi connectivity index (χ1v) is 6.51. The fourth-order valence-corrected chi connectivity index (χ4v) is 2.17. The second kappa shape index (κ2) is 6.95. The highest BCUT2D eigenvalue weighted by Gasteiger charge is 2.09. The van der Waals surface area contributed by atoms with Gasteiger partial charge in [-0.3, -0.25) is 0 Å². The molecule has 1 rings (SSSR count). The first kappa shape index (κ1) is 12.6. The van der Waals surface area contributed by atoms with E-state index in [1.54, 1.807) is 0 Å². The van der Waals surface area contributed by atoms with Crippen LogP contribution in [0.5, 0.6) is 0 Å². The highest BCUT2D eigenvalue weighted by Crippen LogP contribution is 2.27. The van der Waals surface area contributed by atoms with E-state index in [-0.39, 0.29) is 0 Å². The van der Waals surface area contributed by atoms with Gasteiger partial charge in [0.1, 0.15) is 0 Å². The molecule has 0 nitrogen and oxygen atoms in total. The molecule has 1 heteroatoms. The van der Waals surface area contributed by atoms with E-state index in [0.29, 0.717) is 0 Å². The molecule has 0 spiro atoms. The zero-order valence-corrected chi connectivity index (χ0v) is 10.8. The molecule has 0 heterocycles. The second-order valence-electron chi connectivity index (χ2n) is 4.22. The number of hydrogen-bond donors (Lipinski definition) is 1. The van der Waals surface area contributed by atoms with Crippen LogP contribution < -0.4 is 0 Å². The van der Waals surface area contributed by atoms with Crippen molar-refractivity contribution < 1.29 is 0 Å². The van der Waals surface area contributed by atoms with Crippen molar-refractivity contribution in [3.05, 3.63) is 29.8 Å². The van der Waals surface area contributed by atoms with Crippen molar-refractivity contribution in [1.82, 2.24) is 0 Å². The zero-order valence-electron chi connectivity index (χ0n) is 9.87. The SMILES string of the molecule is CCCCC(CCC)c1ccc(S)cc1. The summed E-state index contributed by atoms with van der Waals surface area (Å²) in [5.41, 5.74) is 1.49. The molecule has 84 valence electrons. The highest BCUT2D eigenvalue weighted by molar-refractivity contribution is 7.80. The maximum Gasteiger partial charge on any atom is 0.00401 e. The number of unbranched alkanes of at least 4 members (excludes halogenated alkanes) is 1. The quantitative estimate of drug-likeness (QED) is 0.640. The number of benzene rings is 1. The first-order chi connectivity index (χ1) is 7.27. The molecule has 0 amide bonds. The van der Waals surface area contributed by atoms with Gasteiger partial charge >= 0.3 is 0 Å². The van der Waals surface area contributed by atoms with Crippen LogP contribution in [0.15, 0.2) is 29.2 Å². The van der Waals surface area contributed by atoms with Crippen molar-refractivity contribution in [2.75, 3.05) is 0 Å². The van der Waals surface area contributed by atoms with Gasteiger partial charge in [0.25, 0.3) is 0 Å². The van der Waals surface area contributed by atoms with E-state index in [4.69, 9.17) is 0 Å². The maximum absolute atomic E-state index is 4.32. The molecule has 15 heavy (non-hydrogen) atoms. The third-order valence-electron chi connectivity index (χ3n) is 2.91. The minimum Gasteiger partial charge on any atom is -0.143 e. The van der Waals surface area contributed by atoms with Crippen LogP contribution in [0.1, 0.15) is 57.4 Å². The largest absolute Gasteiger partial charge is 0.143 e. The zero-order chi connectivity index (χ0) is 11.1. The minimum atomic E-state index is 0.754. The molecule has 0 aliphatic heterocycles. The van der Waals surface area contributed by atoms with Crippen LogP contribution in [0, 0.1) is 0 Å². The fourth-order valence-electron chi connectivity index (χ4n) is 2.02. The van der Waals surface area contributed by atoms with Crippen molar-refractivity contribution in [1.29, 1.82) is 0 Å². The summed E-state index contributed by atoms with van der Waals surface area (Å²) in [6.45, 7) is 4.53. The van der Waals surface area contributed by atoms with Crippen LogP contribution in [0.3, 0.4) is 0 Å². The van der Waals surface area contributed by atoms with E-state index in [1.165, 1.54) is 37.7 Å². The molecule has 0 N–H and O–H groups in total. The Bertz CT molecular complexity index is 263. The van der Waals surface area contributed by atoms with E-state index in [2.05, 4.69) is 50.7 Å². The summed E-state index contributed by atoms with van der Waals surface area (Å²) in [6.07, 6.45) is 6.55. The lowest BCUT2D eigenvalue weighted by Gasteiger charge is -2.16. The summed E-state index contributed by atoms with van der Waals surface area (Å²) in [6, 6.07) is 8.68. The van der Waals surface area contributed by atoms with E-state index in [9.17, 15) is 0 Å². The molecule has 0 saturated carbocycles. The Morgan fingerprint density at radius 1 is 1.00 bits per heavy atom. The van der Waals surface area contributed by atoms with Gasteiger partial charge in [-0.25, -0.2) is 0 Å². The van der Waals surface area contributed by atoms with Crippen molar-refractivity contribution in [2.45, 2.75) is 56.8 Å². The van der Waals surface area contributed by atoms with E-state index in [0.717, 1.165) is 10.8 Å². The summed E-state index contributed by atoms with van der Waals surface area (Å²) in [5, 5.41) is 0. The predicted octanol–water partition coefficient (Wildman–Crippen LogP) is 5.05. The Labute approximate surface area is 99.5 Å². The molecule has 0 aliphatic rings. The van der Waals surface area contributed by atoms with Gasteiger partial charge in [0, 0.05) is 4.90 Å². The van der Waals surface area contributed by atoms with Gasteiger partial charge in [0.05, 0.1) is 0 Å². The van der Waals surface area contributed by atoms with Gasteiger partial charge in [0.2, 0.25) is 0 Å². The standard InChI is InChI=1S/C14H22S/c1-3-5-7-12(6-4-2)13-8-10-14(15)11-9-13/h8-12,15H,3-7H2,1-2H3. The average Bonchev–Trinajstić information content (AvgIpc) is 2.25. The summed E-state index contributed by atoms with van der Waals surface area (Å²) < 4.78 is 0. The molecule has 1 aromatic rings. The molecule has 1 atom stereocenters. The first-order valence-electron chi connectivity index (χ1n) is 6.06. The molecule has 1 aromatic carbocycles. The third-order valence-corrected chi connectivity index (χ3v) is 3.21. The van der Waals surface area contributed by atoms with Crippen LogP contribution >= 0.6 is 12.6 Å². The van der Waals surface area contributed by atoms with Crippen LogP contribution in [0.25, 0.3) is 0 Å². The minimum absolute atomic E-state index is 0.754. The molecule has 0 saturated heterocycles. The van der Waals surface area contributed by atoms with Crippen molar-refractivity contribution in [2.24, 2.45) is 0 Å². The second-order valence-corrected chi connectivity index (χ2v) is 4.74. The number of thiol groups is 1. The van der Waals surface area contributed by atoms with Gasteiger partial charge in [-0.2, -0.15) is 0 Å². The van der Waals surface area contributed by atoms with E-state index >= 15 is 0 Å². The number of rotatable bonds is 6. The van der Waals surface area contributed by atoms with Crippen LogP contribution in [0.2, 0.25) is 0 Å². The molecular weight excluding hydrogens is 200 g/mol. The average molecular weight is 222 g/mol. The Hall–Kier alpha value is -0.430. The predicted molar refractivity (Wildman–Crippen MR) is 70.9 cm³/mol. The Morgan fingerprint density at radius 3 is 2.20 bits per heavy atom. The fraction of sp³-hybridized carbons (Fsp3) is 0.571. The molecule has 0 radical (unpaired) electrons. The molecule has 0 bridgehead atoms. The summed E-state index contributed by atoms with van der Waals surface area (Å²) in [7, 11) is 0. The monoisotopic (exact) mass is 222 g/mol. The molecular formula is C14H22S. The van der Waals surface area contributed by atoms with Gasteiger partial charge in [-0.1, -0.05) is 45.2 Å².